The van der Waals surface area contributed by atoms with Crippen molar-refractivity contribution in [3.63, 3.8) is 0 Å². The van der Waals surface area contributed by atoms with Gasteiger partial charge in [0.05, 0.1) is 0 Å². The first kappa shape index (κ1) is 15.7. The lowest BCUT2D eigenvalue weighted by molar-refractivity contribution is 0.497. The van der Waals surface area contributed by atoms with Gasteiger partial charge in [-0.3, -0.25) is 0 Å². The Bertz CT molecular complexity index is 551. The molecule has 1 N–H and O–H groups in total. The number of nitrogens with one attached hydrogen (secondary N) is 1. The van der Waals surface area contributed by atoms with Crippen LogP contribution in [0.1, 0.15) is 42.5 Å². The predicted molar refractivity (Wildman–Crippen MR) is 86.9 cm³/mol. The molecule has 2 aromatic carbocycles. The fourth-order valence-electron chi connectivity index (χ4n) is 2.75. The third-order valence-electron chi connectivity index (χ3n) is 3.90. The number of aryl methyl sites for hydroxylation is 2. The summed E-state index contributed by atoms with van der Waals surface area (Å²) >= 11 is 0. The van der Waals surface area contributed by atoms with Gasteiger partial charge in [0.1, 0.15) is 5.82 Å². The third kappa shape index (κ3) is 4.68. The van der Waals surface area contributed by atoms with E-state index in [-0.39, 0.29) is 5.82 Å². The van der Waals surface area contributed by atoms with Crippen molar-refractivity contribution in [2.45, 2.75) is 39.2 Å². The molecule has 0 radical (unpaired) electrons. The van der Waals surface area contributed by atoms with E-state index < -0.39 is 0 Å². The zero-order valence-electron chi connectivity index (χ0n) is 12.9. The van der Waals surface area contributed by atoms with Gasteiger partial charge in [-0.25, -0.2) is 4.39 Å². The van der Waals surface area contributed by atoms with Gasteiger partial charge in [0.15, 0.2) is 0 Å². The van der Waals surface area contributed by atoms with Gasteiger partial charge in [-0.1, -0.05) is 43.3 Å². The minimum Gasteiger partial charge on any atom is -0.310 e. The van der Waals surface area contributed by atoms with Gasteiger partial charge in [0.25, 0.3) is 0 Å². The second kappa shape index (κ2) is 7.94. The molecule has 0 saturated heterocycles. The van der Waals surface area contributed by atoms with Crippen molar-refractivity contribution in [1.29, 1.82) is 0 Å². The average Bonchev–Trinajstić information content (AvgIpc) is 2.49. The number of hydrogen-bond acceptors (Lipinski definition) is 1. The van der Waals surface area contributed by atoms with Crippen molar-refractivity contribution in [2.24, 2.45) is 0 Å². The molecule has 0 fully saturated rings. The van der Waals surface area contributed by atoms with Gasteiger partial charge in [-0.2, -0.15) is 0 Å². The summed E-state index contributed by atoms with van der Waals surface area (Å²) in [5, 5.41) is 3.55. The standard InChI is InChI=1S/C19H24FN/c1-3-21-19(17-8-5-4-6-9-17)11-7-10-16-12-13-18(20)14-15(16)2/h4-6,8-9,12-14,19,21H,3,7,10-11H2,1-2H3. The Morgan fingerprint density at radius 3 is 2.52 bits per heavy atom. The van der Waals surface area contributed by atoms with Gasteiger partial charge >= 0.3 is 0 Å². The third-order valence-corrected chi connectivity index (χ3v) is 3.90. The number of rotatable bonds is 7. The minimum atomic E-state index is -0.147. The highest BCUT2D eigenvalue weighted by molar-refractivity contribution is 5.26. The maximum atomic E-state index is 13.1. The SMILES string of the molecule is CCNC(CCCc1ccc(F)cc1C)c1ccccc1. The average molecular weight is 285 g/mol. The summed E-state index contributed by atoms with van der Waals surface area (Å²) in [7, 11) is 0. The molecular weight excluding hydrogens is 261 g/mol. The number of benzene rings is 2. The summed E-state index contributed by atoms with van der Waals surface area (Å²) in [4.78, 5) is 0. The van der Waals surface area contributed by atoms with Crippen molar-refractivity contribution in [3.05, 3.63) is 71.0 Å². The molecule has 2 aromatic rings. The molecule has 0 aliphatic carbocycles. The second-order valence-electron chi connectivity index (χ2n) is 5.48. The molecule has 0 amide bonds. The van der Waals surface area contributed by atoms with E-state index in [0.29, 0.717) is 6.04 Å². The molecule has 2 heteroatoms. The van der Waals surface area contributed by atoms with E-state index in [9.17, 15) is 4.39 Å². The fraction of sp³-hybridized carbons (Fsp3) is 0.368. The molecule has 0 aliphatic rings. The second-order valence-corrected chi connectivity index (χ2v) is 5.48. The van der Waals surface area contributed by atoms with E-state index >= 15 is 0 Å². The quantitative estimate of drug-likeness (QED) is 0.770. The van der Waals surface area contributed by atoms with Crippen LogP contribution in [0.4, 0.5) is 4.39 Å². The van der Waals surface area contributed by atoms with Crippen LogP contribution in [-0.4, -0.2) is 6.54 Å². The van der Waals surface area contributed by atoms with Crippen LogP contribution in [0, 0.1) is 12.7 Å². The maximum Gasteiger partial charge on any atom is 0.123 e. The molecule has 21 heavy (non-hydrogen) atoms. The lowest BCUT2D eigenvalue weighted by atomic mass is 9.97. The first-order valence-corrected chi connectivity index (χ1v) is 7.74. The van der Waals surface area contributed by atoms with Gasteiger partial charge in [-0.05, 0) is 61.6 Å². The van der Waals surface area contributed by atoms with E-state index in [0.717, 1.165) is 31.4 Å². The summed E-state index contributed by atoms with van der Waals surface area (Å²) in [5.41, 5.74) is 3.64. The van der Waals surface area contributed by atoms with Gasteiger partial charge in [0, 0.05) is 6.04 Å². The van der Waals surface area contributed by atoms with E-state index in [1.54, 1.807) is 12.1 Å². The molecule has 0 saturated carbocycles. The highest BCUT2D eigenvalue weighted by Gasteiger charge is 2.10. The van der Waals surface area contributed by atoms with Crippen molar-refractivity contribution < 1.29 is 4.39 Å². The van der Waals surface area contributed by atoms with Crippen LogP contribution in [-0.2, 0) is 6.42 Å². The lowest BCUT2D eigenvalue weighted by Gasteiger charge is -2.18. The van der Waals surface area contributed by atoms with E-state index in [2.05, 4.69) is 36.5 Å². The largest absolute Gasteiger partial charge is 0.310 e. The zero-order valence-corrected chi connectivity index (χ0v) is 12.9. The van der Waals surface area contributed by atoms with Crippen LogP contribution in [0.3, 0.4) is 0 Å². The fourth-order valence-corrected chi connectivity index (χ4v) is 2.75. The number of hydrogen-bond donors (Lipinski definition) is 1. The summed E-state index contributed by atoms with van der Waals surface area (Å²) in [6.45, 7) is 5.09. The Morgan fingerprint density at radius 2 is 1.86 bits per heavy atom. The molecule has 2 rings (SSSR count). The van der Waals surface area contributed by atoms with Crippen molar-refractivity contribution in [2.75, 3.05) is 6.54 Å². The summed E-state index contributed by atoms with van der Waals surface area (Å²) in [6.07, 6.45) is 3.19. The summed E-state index contributed by atoms with van der Waals surface area (Å²) < 4.78 is 13.1. The van der Waals surface area contributed by atoms with Crippen molar-refractivity contribution in [1.82, 2.24) is 5.32 Å². The number of halogens is 1. The van der Waals surface area contributed by atoms with Crippen LogP contribution < -0.4 is 5.32 Å². The van der Waals surface area contributed by atoms with Crippen LogP contribution in [0.2, 0.25) is 0 Å². The molecule has 1 atom stereocenters. The first-order valence-electron chi connectivity index (χ1n) is 7.74. The smallest absolute Gasteiger partial charge is 0.123 e. The maximum absolute atomic E-state index is 13.1. The first-order chi connectivity index (χ1) is 10.2. The molecule has 1 unspecified atom stereocenters. The summed E-state index contributed by atoms with van der Waals surface area (Å²) in [5.74, 6) is -0.147. The highest BCUT2D eigenvalue weighted by atomic mass is 19.1. The molecule has 0 bridgehead atoms. The van der Waals surface area contributed by atoms with E-state index in [4.69, 9.17) is 0 Å². The van der Waals surface area contributed by atoms with Crippen LogP contribution in [0.25, 0.3) is 0 Å². The Kier molecular flexibility index (Phi) is 5.94. The molecule has 0 heterocycles. The highest BCUT2D eigenvalue weighted by Crippen LogP contribution is 2.20. The molecule has 112 valence electrons. The van der Waals surface area contributed by atoms with Gasteiger partial charge in [0.2, 0.25) is 0 Å². The Hall–Kier alpha value is -1.67. The molecule has 0 aromatic heterocycles. The topological polar surface area (TPSA) is 12.0 Å². The van der Waals surface area contributed by atoms with Crippen molar-refractivity contribution >= 4 is 0 Å². The zero-order chi connectivity index (χ0) is 15.1. The van der Waals surface area contributed by atoms with Crippen LogP contribution in [0.15, 0.2) is 48.5 Å². The molecule has 0 aliphatic heterocycles. The monoisotopic (exact) mass is 285 g/mol. The van der Waals surface area contributed by atoms with Gasteiger partial charge in [-0.15, -0.1) is 0 Å². The molecule has 0 spiro atoms. The minimum absolute atomic E-state index is 0.147. The molecule has 1 nitrogen and oxygen atoms in total. The predicted octanol–water partition coefficient (Wildman–Crippen LogP) is 4.81. The lowest BCUT2D eigenvalue weighted by Crippen LogP contribution is -2.21. The Labute approximate surface area is 127 Å². The Morgan fingerprint density at radius 1 is 1.10 bits per heavy atom. The molecular formula is C19H24FN. The van der Waals surface area contributed by atoms with Crippen LogP contribution >= 0.6 is 0 Å². The van der Waals surface area contributed by atoms with E-state index in [1.165, 1.54) is 11.1 Å². The van der Waals surface area contributed by atoms with E-state index in [1.807, 2.05) is 19.1 Å². The normalized spacial score (nSPS) is 12.3. The van der Waals surface area contributed by atoms with Crippen molar-refractivity contribution in [3.8, 4) is 0 Å². The van der Waals surface area contributed by atoms with Gasteiger partial charge < -0.3 is 5.32 Å². The van der Waals surface area contributed by atoms with Crippen LogP contribution in [0.5, 0.6) is 0 Å². The Balaban J connectivity index is 1.93. The summed E-state index contributed by atoms with van der Waals surface area (Å²) in [6, 6.07) is 16.1.